The molecule has 0 bridgehead atoms. The molecule has 2 aromatic rings. The van der Waals surface area contributed by atoms with Gasteiger partial charge >= 0.3 is 0 Å². The van der Waals surface area contributed by atoms with Gasteiger partial charge < -0.3 is 10.1 Å². The highest BCUT2D eigenvalue weighted by atomic mass is 19.1. The predicted octanol–water partition coefficient (Wildman–Crippen LogP) is 2.68. The van der Waals surface area contributed by atoms with Crippen molar-refractivity contribution < 1.29 is 13.9 Å². The van der Waals surface area contributed by atoms with E-state index in [1.807, 2.05) is 19.9 Å². The molecule has 0 unspecified atom stereocenters. The number of hydrogen-bond acceptors (Lipinski definition) is 3. The van der Waals surface area contributed by atoms with Crippen molar-refractivity contribution in [3.63, 3.8) is 0 Å². The minimum atomic E-state index is -0.293. The molecule has 24 heavy (non-hydrogen) atoms. The van der Waals surface area contributed by atoms with E-state index in [1.54, 1.807) is 16.8 Å². The van der Waals surface area contributed by atoms with Crippen LogP contribution in [-0.4, -0.2) is 28.4 Å². The number of benzene rings is 1. The van der Waals surface area contributed by atoms with Gasteiger partial charge in [0.15, 0.2) is 0 Å². The van der Waals surface area contributed by atoms with Crippen LogP contribution in [0.3, 0.4) is 0 Å². The number of nitrogens with zero attached hydrogens (tertiary/aromatic N) is 2. The Kier molecular flexibility index (Phi) is 4.94. The van der Waals surface area contributed by atoms with E-state index in [0.29, 0.717) is 6.61 Å². The van der Waals surface area contributed by atoms with Crippen molar-refractivity contribution in [1.29, 1.82) is 0 Å². The molecular weight excluding hydrogens is 309 g/mol. The third kappa shape index (κ3) is 3.82. The number of hydrogen-bond donors (Lipinski definition) is 1. The SMILES string of the molecule is Cc1cc(C)n(CC(=O)N[C@@H](c2ccc(F)cc2)[C@H]2CCCO2)n1. The summed E-state index contributed by atoms with van der Waals surface area (Å²) in [6, 6.07) is 7.87. The maximum absolute atomic E-state index is 13.2. The summed E-state index contributed by atoms with van der Waals surface area (Å²) in [5, 5.41) is 7.35. The van der Waals surface area contributed by atoms with Crippen LogP contribution in [0.2, 0.25) is 0 Å². The van der Waals surface area contributed by atoms with Crippen LogP contribution in [0.1, 0.15) is 35.8 Å². The van der Waals surface area contributed by atoms with Gasteiger partial charge in [-0.15, -0.1) is 0 Å². The van der Waals surface area contributed by atoms with Gasteiger partial charge in [-0.2, -0.15) is 5.10 Å². The first kappa shape index (κ1) is 16.6. The molecule has 128 valence electrons. The minimum Gasteiger partial charge on any atom is -0.376 e. The molecule has 0 saturated carbocycles. The predicted molar refractivity (Wildman–Crippen MR) is 88.0 cm³/mol. The molecule has 0 spiro atoms. The third-order valence-electron chi connectivity index (χ3n) is 4.28. The number of carbonyl (C=O) groups excluding carboxylic acids is 1. The summed E-state index contributed by atoms with van der Waals surface area (Å²) in [5.41, 5.74) is 2.68. The number of amides is 1. The monoisotopic (exact) mass is 331 g/mol. The van der Waals surface area contributed by atoms with E-state index < -0.39 is 0 Å². The number of aromatic nitrogens is 2. The summed E-state index contributed by atoms with van der Waals surface area (Å²) in [7, 11) is 0. The zero-order valence-corrected chi connectivity index (χ0v) is 14.0. The molecule has 1 amide bonds. The van der Waals surface area contributed by atoms with Gasteiger partial charge in [0.1, 0.15) is 12.4 Å². The summed E-state index contributed by atoms with van der Waals surface area (Å²) in [6.07, 6.45) is 1.76. The molecule has 0 radical (unpaired) electrons. The number of rotatable bonds is 5. The van der Waals surface area contributed by atoms with Crippen LogP contribution in [0.5, 0.6) is 0 Å². The lowest BCUT2D eigenvalue weighted by Crippen LogP contribution is -2.38. The van der Waals surface area contributed by atoms with Crippen molar-refractivity contribution in [1.82, 2.24) is 15.1 Å². The van der Waals surface area contributed by atoms with E-state index in [1.165, 1.54) is 12.1 Å². The van der Waals surface area contributed by atoms with Crippen LogP contribution in [0.15, 0.2) is 30.3 Å². The van der Waals surface area contributed by atoms with Gasteiger partial charge in [-0.25, -0.2) is 4.39 Å². The molecule has 1 saturated heterocycles. The Morgan fingerprint density at radius 1 is 1.42 bits per heavy atom. The van der Waals surface area contributed by atoms with Crippen molar-refractivity contribution >= 4 is 5.91 Å². The number of halogens is 1. The summed E-state index contributed by atoms with van der Waals surface area (Å²) in [6.45, 7) is 4.67. The van der Waals surface area contributed by atoms with Crippen molar-refractivity contribution in [2.75, 3.05) is 6.61 Å². The molecule has 3 rings (SSSR count). The smallest absolute Gasteiger partial charge is 0.242 e. The van der Waals surface area contributed by atoms with E-state index in [2.05, 4.69) is 10.4 Å². The van der Waals surface area contributed by atoms with Gasteiger partial charge in [0.2, 0.25) is 5.91 Å². The number of carbonyl (C=O) groups is 1. The summed E-state index contributed by atoms with van der Waals surface area (Å²) < 4.78 is 20.6. The van der Waals surface area contributed by atoms with Crippen LogP contribution in [0, 0.1) is 19.7 Å². The van der Waals surface area contributed by atoms with Gasteiger partial charge in [0.25, 0.3) is 0 Å². The molecular formula is C18H22FN3O2. The molecule has 1 aliphatic rings. The highest BCUT2D eigenvalue weighted by Crippen LogP contribution is 2.27. The van der Waals surface area contributed by atoms with E-state index in [-0.39, 0.29) is 30.4 Å². The highest BCUT2D eigenvalue weighted by Gasteiger charge is 2.29. The summed E-state index contributed by atoms with van der Waals surface area (Å²) in [4.78, 5) is 12.5. The van der Waals surface area contributed by atoms with Crippen LogP contribution in [0.4, 0.5) is 4.39 Å². The Balaban J connectivity index is 1.74. The number of ether oxygens (including phenoxy) is 1. The molecule has 6 heteroatoms. The lowest BCUT2D eigenvalue weighted by atomic mass is 9.99. The van der Waals surface area contributed by atoms with E-state index in [0.717, 1.165) is 29.8 Å². The van der Waals surface area contributed by atoms with Crippen LogP contribution in [0.25, 0.3) is 0 Å². The normalized spacial score (nSPS) is 18.5. The standard InChI is InChI=1S/C18H22FN3O2/c1-12-10-13(2)22(21-12)11-17(23)20-18(16-4-3-9-24-16)14-5-7-15(19)8-6-14/h5-8,10,16,18H,3-4,9,11H2,1-2H3,(H,20,23)/t16-,18+/m1/s1. The Morgan fingerprint density at radius 2 is 2.17 bits per heavy atom. The zero-order valence-electron chi connectivity index (χ0n) is 14.0. The molecule has 0 aliphatic carbocycles. The average molecular weight is 331 g/mol. The fraction of sp³-hybridized carbons (Fsp3) is 0.444. The van der Waals surface area contributed by atoms with Gasteiger partial charge in [-0.3, -0.25) is 9.48 Å². The van der Waals surface area contributed by atoms with Crippen LogP contribution < -0.4 is 5.32 Å². The number of nitrogens with one attached hydrogen (secondary N) is 1. The first-order chi connectivity index (χ1) is 11.5. The topological polar surface area (TPSA) is 56.2 Å². The third-order valence-corrected chi connectivity index (χ3v) is 4.28. The molecule has 1 aliphatic heterocycles. The Labute approximate surface area is 140 Å². The van der Waals surface area contributed by atoms with E-state index in [9.17, 15) is 9.18 Å². The fourth-order valence-corrected chi connectivity index (χ4v) is 3.12. The molecule has 1 aromatic carbocycles. The first-order valence-corrected chi connectivity index (χ1v) is 8.20. The lowest BCUT2D eigenvalue weighted by molar-refractivity contribution is -0.123. The molecule has 1 aromatic heterocycles. The Morgan fingerprint density at radius 3 is 2.75 bits per heavy atom. The maximum atomic E-state index is 13.2. The first-order valence-electron chi connectivity index (χ1n) is 8.20. The van der Waals surface area contributed by atoms with Crippen molar-refractivity contribution in [2.45, 2.75) is 45.4 Å². The van der Waals surface area contributed by atoms with Gasteiger partial charge in [-0.1, -0.05) is 12.1 Å². The maximum Gasteiger partial charge on any atom is 0.242 e. The van der Waals surface area contributed by atoms with Crippen molar-refractivity contribution in [3.8, 4) is 0 Å². The lowest BCUT2D eigenvalue weighted by Gasteiger charge is -2.25. The Hall–Kier alpha value is -2.21. The Bertz CT molecular complexity index is 706. The van der Waals surface area contributed by atoms with E-state index in [4.69, 9.17) is 4.74 Å². The summed E-state index contributed by atoms with van der Waals surface area (Å²) in [5.74, 6) is -0.426. The van der Waals surface area contributed by atoms with E-state index >= 15 is 0 Å². The molecule has 1 N–H and O–H groups in total. The quantitative estimate of drug-likeness (QED) is 0.916. The summed E-state index contributed by atoms with van der Waals surface area (Å²) >= 11 is 0. The second kappa shape index (κ2) is 7.13. The second-order valence-corrected chi connectivity index (χ2v) is 6.23. The largest absolute Gasteiger partial charge is 0.376 e. The van der Waals surface area contributed by atoms with Gasteiger partial charge in [0.05, 0.1) is 17.8 Å². The van der Waals surface area contributed by atoms with Crippen LogP contribution >= 0.6 is 0 Å². The molecule has 2 atom stereocenters. The second-order valence-electron chi connectivity index (χ2n) is 6.23. The van der Waals surface area contributed by atoms with Crippen molar-refractivity contribution in [3.05, 3.63) is 53.1 Å². The van der Waals surface area contributed by atoms with Crippen molar-refractivity contribution in [2.24, 2.45) is 0 Å². The van der Waals surface area contributed by atoms with Crippen LogP contribution in [-0.2, 0) is 16.1 Å². The van der Waals surface area contributed by atoms with Gasteiger partial charge in [-0.05, 0) is 50.5 Å². The number of aryl methyl sites for hydroxylation is 2. The minimum absolute atomic E-state index is 0.0835. The highest BCUT2D eigenvalue weighted by molar-refractivity contribution is 5.76. The zero-order chi connectivity index (χ0) is 17.1. The molecule has 2 heterocycles. The fourth-order valence-electron chi connectivity index (χ4n) is 3.12. The molecule has 1 fully saturated rings. The average Bonchev–Trinajstić information content (AvgIpc) is 3.16. The molecule has 5 nitrogen and oxygen atoms in total. The van der Waals surface area contributed by atoms with Gasteiger partial charge in [0, 0.05) is 12.3 Å².